The van der Waals surface area contributed by atoms with Crippen LogP contribution in [0.3, 0.4) is 0 Å². The Bertz CT molecular complexity index is 1260. The van der Waals surface area contributed by atoms with Crippen LogP contribution in [-0.2, 0) is 19.1 Å². The van der Waals surface area contributed by atoms with Crippen molar-refractivity contribution >= 4 is 34.3 Å². The summed E-state index contributed by atoms with van der Waals surface area (Å²) in [4.78, 5) is 24.0. The minimum absolute atomic E-state index is 0.187. The Morgan fingerprint density at radius 2 is 1.51 bits per heavy atom. The molecule has 2 aliphatic carbocycles. The SMILES string of the molecule is C=C(C)C(=O)OC(C)COc1c2c(c(OCC(C)OC(=O)C(=C)C)c3c(Cl)cccc13)C1CC(C)C2C1. The molecule has 0 heterocycles. The van der Waals surface area contributed by atoms with Gasteiger partial charge in [-0.05, 0) is 64.4 Å². The largest absolute Gasteiger partial charge is 0.489 e. The number of benzene rings is 2. The maximum Gasteiger partial charge on any atom is 0.333 e. The van der Waals surface area contributed by atoms with Crippen molar-refractivity contribution in [2.75, 3.05) is 13.2 Å². The summed E-state index contributed by atoms with van der Waals surface area (Å²) in [5.41, 5.74) is 2.97. The zero-order valence-electron chi connectivity index (χ0n) is 22.2. The van der Waals surface area contributed by atoms with Gasteiger partial charge in [0, 0.05) is 33.0 Å². The second-order valence-electron chi connectivity index (χ2n) is 10.5. The Morgan fingerprint density at radius 1 is 0.946 bits per heavy atom. The van der Waals surface area contributed by atoms with Crippen molar-refractivity contribution in [1.29, 1.82) is 0 Å². The number of rotatable bonds is 10. The number of carbonyl (C=O) groups excluding carboxylic acids is 2. The maximum atomic E-state index is 12.0. The van der Waals surface area contributed by atoms with Gasteiger partial charge in [-0.2, -0.15) is 0 Å². The van der Waals surface area contributed by atoms with Crippen LogP contribution in [0.15, 0.2) is 42.5 Å². The molecule has 7 heteroatoms. The van der Waals surface area contributed by atoms with E-state index in [1.54, 1.807) is 27.7 Å². The molecule has 0 amide bonds. The molecule has 0 saturated heterocycles. The molecule has 0 N–H and O–H groups in total. The van der Waals surface area contributed by atoms with Crippen LogP contribution in [0.4, 0.5) is 0 Å². The van der Waals surface area contributed by atoms with E-state index < -0.39 is 24.1 Å². The lowest BCUT2D eigenvalue weighted by atomic mass is 9.82. The lowest BCUT2D eigenvalue weighted by Crippen LogP contribution is -2.24. The molecule has 0 radical (unpaired) electrons. The maximum absolute atomic E-state index is 12.0. The van der Waals surface area contributed by atoms with Crippen LogP contribution in [-0.4, -0.2) is 37.4 Å². The minimum atomic E-state index is -0.463. The van der Waals surface area contributed by atoms with Crippen LogP contribution in [0.25, 0.3) is 10.8 Å². The first-order chi connectivity index (χ1) is 17.5. The third-order valence-electron chi connectivity index (χ3n) is 7.16. The summed E-state index contributed by atoms with van der Waals surface area (Å²) in [6.07, 6.45) is 1.17. The molecule has 2 aliphatic rings. The number of carbonyl (C=O) groups is 2. The molecule has 0 aromatic heterocycles. The summed E-state index contributed by atoms with van der Waals surface area (Å²) in [5, 5.41) is 2.19. The van der Waals surface area contributed by atoms with Crippen molar-refractivity contribution in [1.82, 2.24) is 0 Å². The van der Waals surface area contributed by atoms with Crippen molar-refractivity contribution in [3.63, 3.8) is 0 Å². The number of fused-ring (bicyclic) bond motifs is 6. The summed E-state index contributed by atoms with van der Waals surface area (Å²) in [6.45, 7) is 16.8. The third kappa shape index (κ3) is 5.35. The first-order valence-corrected chi connectivity index (χ1v) is 13.1. The highest BCUT2D eigenvalue weighted by Gasteiger charge is 2.47. The molecular formula is C30H35ClO6. The molecule has 5 unspecified atom stereocenters. The fraction of sp³-hybridized carbons (Fsp3) is 0.467. The number of ether oxygens (including phenoxy) is 4. The average molecular weight is 527 g/mol. The van der Waals surface area contributed by atoms with E-state index in [9.17, 15) is 9.59 Å². The number of esters is 2. The zero-order valence-corrected chi connectivity index (χ0v) is 22.9. The van der Waals surface area contributed by atoms with E-state index in [0.717, 1.165) is 46.2 Å². The van der Waals surface area contributed by atoms with Gasteiger partial charge in [0.25, 0.3) is 0 Å². The standard InChI is InChI=1S/C30H35ClO6/c1-15(2)29(32)36-18(6)13-34-27-21-9-8-10-23(31)25(21)28(35-14-19(7)37-30(33)16(3)4)24-20-11-17(5)22(12-20)26(24)27/h8-10,17-20,22H,1,3,11-14H2,2,4-7H3. The van der Waals surface area contributed by atoms with E-state index >= 15 is 0 Å². The van der Waals surface area contributed by atoms with Gasteiger partial charge in [0.2, 0.25) is 0 Å². The van der Waals surface area contributed by atoms with Crippen molar-refractivity contribution in [3.05, 3.63) is 58.7 Å². The Balaban J connectivity index is 1.72. The fourth-order valence-corrected chi connectivity index (χ4v) is 5.73. The molecule has 2 aromatic carbocycles. The van der Waals surface area contributed by atoms with Crippen molar-refractivity contribution in [3.8, 4) is 11.5 Å². The average Bonchev–Trinajstić information content (AvgIpc) is 3.39. The highest BCUT2D eigenvalue weighted by atomic mass is 35.5. The van der Waals surface area contributed by atoms with Crippen LogP contribution in [0.2, 0.25) is 5.02 Å². The second kappa shape index (κ2) is 10.8. The van der Waals surface area contributed by atoms with Gasteiger partial charge in [-0.3, -0.25) is 0 Å². The highest BCUT2D eigenvalue weighted by molar-refractivity contribution is 6.36. The molecule has 0 spiro atoms. The molecule has 198 valence electrons. The Labute approximate surface area is 223 Å². The van der Waals surface area contributed by atoms with Gasteiger partial charge in [-0.15, -0.1) is 0 Å². The summed E-state index contributed by atoms with van der Waals surface area (Å²) >= 11 is 6.76. The fourth-order valence-electron chi connectivity index (χ4n) is 5.47. The van der Waals surface area contributed by atoms with Crippen molar-refractivity contribution in [2.24, 2.45) is 5.92 Å². The van der Waals surface area contributed by atoms with E-state index in [1.807, 2.05) is 18.2 Å². The van der Waals surface area contributed by atoms with E-state index in [4.69, 9.17) is 30.5 Å². The molecule has 1 saturated carbocycles. The van der Waals surface area contributed by atoms with E-state index in [1.165, 1.54) is 0 Å². The quantitative estimate of drug-likeness (QED) is 0.248. The molecule has 4 rings (SSSR count). The van der Waals surface area contributed by atoms with E-state index in [0.29, 0.717) is 33.9 Å². The van der Waals surface area contributed by atoms with Crippen molar-refractivity contribution in [2.45, 2.75) is 71.5 Å². The summed E-state index contributed by atoms with van der Waals surface area (Å²) in [6, 6.07) is 5.71. The molecule has 2 aromatic rings. The number of halogens is 1. The highest BCUT2D eigenvalue weighted by Crippen LogP contribution is 2.63. The van der Waals surface area contributed by atoms with E-state index in [-0.39, 0.29) is 13.2 Å². The van der Waals surface area contributed by atoms with Gasteiger partial charge < -0.3 is 18.9 Å². The van der Waals surface area contributed by atoms with Crippen LogP contribution in [0, 0.1) is 5.92 Å². The topological polar surface area (TPSA) is 71.1 Å². The molecule has 2 bridgehead atoms. The number of hydrogen-bond donors (Lipinski definition) is 0. The summed E-state index contributed by atoms with van der Waals surface area (Å²) in [7, 11) is 0. The normalized spacial score (nSPS) is 21.2. The lowest BCUT2D eigenvalue weighted by Gasteiger charge is -2.29. The molecule has 1 fully saturated rings. The Morgan fingerprint density at radius 3 is 2.08 bits per heavy atom. The third-order valence-corrected chi connectivity index (χ3v) is 7.48. The van der Waals surface area contributed by atoms with Gasteiger partial charge in [0.05, 0.1) is 5.02 Å². The van der Waals surface area contributed by atoms with Crippen LogP contribution in [0.5, 0.6) is 11.5 Å². The molecule has 6 nitrogen and oxygen atoms in total. The van der Waals surface area contributed by atoms with Crippen LogP contribution < -0.4 is 9.47 Å². The molecule has 0 aliphatic heterocycles. The molecule has 37 heavy (non-hydrogen) atoms. The first kappa shape index (κ1) is 27.1. The van der Waals surface area contributed by atoms with Gasteiger partial charge >= 0.3 is 11.9 Å². The molecule has 5 atom stereocenters. The van der Waals surface area contributed by atoms with Crippen LogP contribution >= 0.6 is 11.6 Å². The van der Waals surface area contributed by atoms with Gasteiger partial charge in [-0.25, -0.2) is 9.59 Å². The first-order valence-electron chi connectivity index (χ1n) is 12.8. The summed E-state index contributed by atoms with van der Waals surface area (Å²) < 4.78 is 23.7. The summed E-state index contributed by atoms with van der Waals surface area (Å²) in [5.74, 6) is 1.82. The minimum Gasteiger partial charge on any atom is -0.489 e. The van der Waals surface area contributed by atoms with Gasteiger partial charge in [0.15, 0.2) is 0 Å². The lowest BCUT2D eigenvalue weighted by molar-refractivity contribution is -0.145. The van der Waals surface area contributed by atoms with Crippen LogP contribution in [0.1, 0.15) is 70.4 Å². The Hall–Kier alpha value is -2.99. The predicted molar refractivity (Wildman–Crippen MR) is 145 cm³/mol. The second-order valence-corrected chi connectivity index (χ2v) is 10.9. The Kier molecular flexibility index (Phi) is 7.88. The smallest absolute Gasteiger partial charge is 0.333 e. The predicted octanol–water partition coefficient (Wildman–Crippen LogP) is 6.88. The zero-order chi connectivity index (χ0) is 27.0. The molecular weight excluding hydrogens is 492 g/mol. The van der Waals surface area contributed by atoms with E-state index in [2.05, 4.69) is 20.1 Å². The van der Waals surface area contributed by atoms with Gasteiger partial charge in [0.1, 0.15) is 36.9 Å². The number of hydrogen-bond acceptors (Lipinski definition) is 6. The monoisotopic (exact) mass is 526 g/mol. The van der Waals surface area contributed by atoms with Gasteiger partial charge in [-0.1, -0.05) is 43.8 Å². The van der Waals surface area contributed by atoms with Crippen molar-refractivity contribution < 1.29 is 28.5 Å².